The zero-order chi connectivity index (χ0) is 13.0. The molecule has 0 saturated carbocycles. The lowest BCUT2D eigenvalue weighted by atomic mass is 10.2. The summed E-state index contributed by atoms with van der Waals surface area (Å²) in [5.41, 5.74) is 7.42. The van der Waals surface area contributed by atoms with E-state index in [-0.39, 0.29) is 11.5 Å². The average Bonchev–Trinajstić information content (AvgIpc) is 2.37. The molecule has 0 aliphatic rings. The smallest absolute Gasteiger partial charge is 0.150 e. The molecule has 0 spiro atoms. The molecule has 0 amide bonds. The van der Waals surface area contributed by atoms with Crippen LogP contribution in [0.1, 0.15) is 11.1 Å². The fourth-order valence-corrected chi connectivity index (χ4v) is 2.90. The summed E-state index contributed by atoms with van der Waals surface area (Å²) in [6, 6.07) is 12.8. The molecule has 0 radical (unpaired) electrons. The highest BCUT2D eigenvalue weighted by atomic mass is 35.5. The van der Waals surface area contributed by atoms with Crippen LogP contribution in [0.4, 0.5) is 10.1 Å². The van der Waals surface area contributed by atoms with Crippen molar-refractivity contribution in [3.63, 3.8) is 0 Å². The van der Waals surface area contributed by atoms with Gasteiger partial charge in [0, 0.05) is 16.5 Å². The monoisotopic (exact) mass is 281 g/mol. The van der Waals surface area contributed by atoms with Gasteiger partial charge in [-0.25, -0.2) is 4.39 Å². The molecule has 4 heteroatoms. The number of hydrogen-bond acceptors (Lipinski definition) is 2. The molecule has 94 valence electrons. The molecule has 2 aromatic carbocycles. The van der Waals surface area contributed by atoms with E-state index in [0.717, 1.165) is 16.3 Å². The van der Waals surface area contributed by atoms with Crippen molar-refractivity contribution >= 4 is 29.1 Å². The van der Waals surface area contributed by atoms with Crippen molar-refractivity contribution in [1.82, 2.24) is 0 Å². The molecule has 0 fully saturated rings. The molecule has 1 nitrogen and oxygen atoms in total. The first-order valence-corrected chi connectivity index (χ1v) is 7.06. The summed E-state index contributed by atoms with van der Waals surface area (Å²) in [6.07, 6.45) is 0. The van der Waals surface area contributed by atoms with Crippen LogP contribution in [0.2, 0.25) is 5.02 Å². The summed E-state index contributed by atoms with van der Waals surface area (Å²) in [4.78, 5) is 0. The highest BCUT2D eigenvalue weighted by Crippen LogP contribution is 2.25. The molecule has 0 saturated heterocycles. The van der Waals surface area contributed by atoms with Gasteiger partial charge in [-0.2, -0.15) is 11.8 Å². The van der Waals surface area contributed by atoms with E-state index in [1.807, 2.05) is 24.3 Å². The van der Waals surface area contributed by atoms with Crippen molar-refractivity contribution < 1.29 is 4.39 Å². The SMILES string of the molecule is Nc1cccc(CSCc2ccccc2Cl)c1F. The van der Waals surface area contributed by atoms with Crippen molar-refractivity contribution in [2.75, 3.05) is 5.73 Å². The molecule has 0 unspecified atom stereocenters. The molecule has 0 aromatic heterocycles. The molecular weight excluding hydrogens is 269 g/mol. The summed E-state index contributed by atoms with van der Waals surface area (Å²) < 4.78 is 13.6. The molecular formula is C14H13ClFNS. The fourth-order valence-electron chi connectivity index (χ4n) is 1.60. The Bertz CT molecular complexity index is 545. The number of thioether (sulfide) groups is 1. The van der Waals surface area contributed by atoms with Crippen LogP contribution in [-0.2, 0) is 11.5 Å². The fraction of sp³-hybridized carbons (Fsp3) is 0.143. The van der Waals surface area contributed by atoms with Crippen LogP contribution in [0.3, 0.4) is 0 Å². The second kappa shape index (κ2) is 6.12. The minimum absolute atomic E-state index is 0.200. The van der Waals surface area contributed by atoms with Gasteiger partial charge in [-0.15, -0.1) is 0 Å². The number of halogens is 2. The van der Waals surface area contributed by atoms with Gasteiger partial charge in [0.2, 0.25) is 0 Å². The zero-order valence-electron chi connectivity index (χ0n) is 9.70. The Morgan fingerprint density at radius 3 is 2.44 bits per heavy atom. The zero-order valence-corrected chi connectivity index (χ0v) is 11.3. The first kappa shape index (κ1) is 13.2. The molecule has 0 aliphatic carbocycles. The average molecular weight is 282 g/mol. The summed E-state index contributed by atoms with van der Waals surface area (Å²) in [5.74, 6) is 1.03. The Labute approximate surface area is 115 Å². The quantitative estimate of drug-likeness (QED) is 0.836. The molecule has 0 aliphatic heterocycles. The topological polar surface area (TPSA) is 26.0 Å². The van der Waals surface area contributed by atoms with Gasteiger partial charge < -0.3 is 5.73 Å². The van der Waals surface area contributed by atoms with Crippen molar-refractivity contribution in [2.45, 2.75) is 11.5 Å². The summed E-state index contributed by atoms with van der Waals surface area (Å²) in [6.45, 7) is 0. The maximum Gasteiger partial charge on any atom is 0.150 e. The van der Waals surface area contributed by atoms with Crippen LogP contribution < -0.4 is 5.73 Å². The lowest BCUT2D eigenvalue weighted by Crippen LogP contribution is -1.95. The van der Waals surface area contributed by atoms with Crippen molar-refractivity contribution in [3.05, 3.63) is 64.4 Å². The number of benzene rings is 2. The van der Waals surface area contributed by atoms with Crippen molar-refractivity contribution in [1.29, 1.82) is 0 Å². The Morgan fingerprint density at radius 2 is 1.67 bits per heavy atom. The highest BCUT2D eigenvalue weighted by Gasteiger charge is 2.06. The van der Waals surface area contributed by atoms with E-state index in [4.69, 9.17) is 17.3 Å². The Kier molecular flexibility index (Phi) is 4.50. The summed E-state index contributed by atoms with van der Waals surface area (Å²) in [7, 11) is 0. The van der Waals surface area contributed by atoms with Gasteiger partial charge in [-0.1, -0.05) is 41.9 Å². The van der Waals surface area contributed by atoms with Crippen LogP contribution in [0.25, 0.3) is 0 Å². The first-order chi connectivity index (χ1) is 8.68. The predicted molar refractivity (Wildman–Crippen MR) is 77.3 cm³/mol. The molecule has 2 aromatic rings. The highest BCUT2D eigenvalue weighted by molar-refractivity contribution is 7.97. The van der Waals surface area contributed by atoms with Gasteiger partial charge in [0.25, 0.3) is 0 Å². The third-order valence-electron chi connectivity index (χ3n) is 2.58. The maximum atomic E-state index is 13.6. The minimum atomic E-state index is -0.316. The summed E-state index contributed by atoms with van der Waals surface area (Å²) >= 11 is 7.67. The van der Waals surface area contributed by atoms with E-state index in [1.54, 1.807) is 30.0 Å². The van der Waals surface area contributed by atoms with Gasteiger partial charge in [0.15, 0.2) is 0 Å². The third kappa shape index (κ3) is 3.18. The van der Waals surface area contributed by atoms with Gasteiger partial charge in [0.1, 0.15) is 5.82 Å². The maximum absolute atomic E-state index is 13.6. The number of nitrogen functional groups attached to an aromatic ring is 1. The number of rotatable bonds is 4. The number of anilines is 1. The number of hydrogen-bond donors (Lipinski definition) is 1. The van der Waals surface area contributed by atoms with Crippen LogP contribution >= 0.6 is 23.4 Å². The first-order valence-electron chi connectivity index (χ1n) is 5.52. The van der Waals surface area contributed by atoms with Crippen molar-refractivity contribution in [3.8, 4) is 0 Å². The van der Waals surface area contributed by atoms with E-state index in [0.29, 0.717) is 11.3 Å². The second-order valence-corrected chi connectivity index (χ2v) is 5.30. The normalized spacial score (nSPS) is 10.6. The van der Waals surface area contributed by atoms with E-state index in [9.17, 15) is 4.39 Å². The molecule has 0 bridgehead atoms. The van der Waals surface area contributed by atoms with E-state index in [2.05, 4.69) is 0 Å². The van der Waals surface area contributed by atoms with Crippen LogP contribution in [0.15, 0.2) is 42.5 Å². The van der Waals surface area contributed by atoms with Gasteiger partial charge in [0.05, 0.1) is 5.69 Å². The lowest BCUT2D eigenvalue weighted by Gasteiger charge is -2.06. The molecule has 18 heavy (non-hydrogen) atoms. The van der Waals surface area contributed by atoms with Crippen LogP contribution in [-0.4, -0.2) is 0 Å². The number of nitrogens with two attached hydrogens (primary N) is 1. The lowest BCUT2D eigenvalue weighted by molar-refractivity contribution is 0.622. The molecule has 2 rings (SSSR count). The molecule has 2 N–H and O–H groups in total. The molecule has 0 heterocycles. The Balaban J connectivity index is 1.97. The Hall–Kier alpha value is -1.19. The van der Waals surface area contributed by atoms with E-state index < -0.39 is 0 Å². The van der Waals surface area contributed by atoms with Crippen LogP contribution in [0, 0.1) is 5.82 Å². The van der Waals surface area contributed by atoms with Gasteiger partial charge in [-0.3, -0.25) is 0 Å². The second-order valence-electron chi connectivity index (χ2n) is 3.90. The van der Waals surface area contributed by atoms with Crippen LogP contribution in [0.5, 0.6) is 0 Å². The van der Waals surface area contributed by atoms with E-state index in [1.165, 1.54) is 0 Å². The third-order valence-corrected chi connectivity index (χ3v) is 3.98. The standard InChI is InChI=1S/C14H13ClFNS/c15-12-6-2-1-4-10(12)8-18-9-11-5-3-7-13(17)14(11)16/h1-7H,8-9,17H2. The van der Waals surface area contributed by atoms with Gasteiger partial charge >= 0.3 is 0 Å². The van der Waals surface area contributed by atoms with Gasteiger partial charge in [-0.05, 0) is 23.3 Å². The van der Waals surface area contributed by atoms with Crippen molar-refractivity contribution in [2.24, 2.45) is 0 Å². The van der Waals surface area contributed by atoms with E-state index >= 15 is 0 Å². The minimum Gasteiger partial charge on any atom is -0.396 e. The summed E-state index contributed by atoms with van der Waals surface area (Å²) in [5, 5.41) is 0.748. The Morgan fingerprint density at radius 1 is 1.00 bits per heavy atom. The largest absolute Gasteiger partial charge is 0.396 e. The predicted octanol–water partition coefficient (Wildman–Crippen LogP) is 4.49. The molecule has 0 atom stereocenters.